The second kappa shape index (κ2) is 9.41. The normalized spacial score (nSPS) is 15.0. The second-order valence-corrected chi connectivity index (χ2v) is 8.55. The van der Waals surface area contributed by atoms with Gasteiger partial charge in [0, 0.05) is 10.6 Å². The quantitative estimate of drug-likeness (QED) is 0.405. The first-order valence-electron chi connectivity index (χ1n) is 9.77. The van der Waals surface area contributed by atoms with E-state index in [1.54, 1.807) is 6.08 Å². The average Bonchev–Trinajstić information content (AvgIpc) is 3.02. The molecule has 0 aliphatic carbocycles. The summed E-state index contributed by atoms with van der Waals surface area (Å²) in [5.41, 5.74) is 3.69. The molecule has 1 aliphatic heterocycles. The molecular weight excluding hydrogens is 430 g/mol. The Balaban J connectivity index is 1.48. The topological polar surface area (TPSA) is 46.6 Å². The Labute approximate surface area is 190 Å². The van der Waals surface area contributed by atoms with Crippen LogP contribution in [0, 0.1) is 6.92 Å². The molecule has 1 saturated heterocycles. The van der Waals surface area contributed by atoms with Crippen LogP contribution in [0.15, 0.2) is 77.7 Å². The van der Waals surface area contributed by atoms with Crippen molar-refractivity contribution in [3.63, 3.8) is 0 Å². The lowest BCUT2D eigenvalue weighted by atomic mass is 10.1. The van der Waals surface area contributed by atoms with E-state index in [1.807, 2.05) is 79.7 Å². The number of rotatable bonds is 6. The minimum atomic E-state index is -0.277. The number of imide groups is 1. The zero-order valence-electron chi connectivity index (χ0n) is 16.9. The SMILES string of the molecule is Cc1ccccc1CN1C(=O)S/C(=C\c2cccc(OCc3ccccc3Cl)c2)C1=O. The van der Waals surface area contributed by atoms with Gasteiger partial charge in [0.2, 0.25) is 0 Å². The smallest absolute Gasteiger partial charge is 0.293 e. The van der Waals surface area contributed by atoms with Gasteiger partial charge in [0.15, 0.2) is 0 Å². The number of hydrogen-bond acceptors (Lipinski definition) is 4. The first-order chi connectivity index (χ1) is 15.0. The van der Waals surface area contributed by atoms with Crippen LogP contribution >= 0.6 is 23.4 Å². The molecule has 4 rings (SSSR count). The molecule has 0 spiro atoms. The fourth-order valence-electron chi connectivity index (χ4n) is 3.22. The fraction of sp³-hybridized carbons (Fsp3) is 0.120. The molecule has 0 atom stereocenters. The van der Waals surface area contributed by atoms with Crippen molar-refractivity contribution in [3.05, 3.63) is 105 Å². The molecule has 31 heavy (non-hydrogen) atoms. The largest absolute Gasteiger partial charge is 0.489 e. The number of carbonyl (C=O) groups is 2. The Morgan fingerprint density at radius 2 is 1.71 bits per heavy atom. The van der Waals surface area contributed by atoms with E-state index in [1.165, 1.54) is 4.90 Å². The lowest BCUT2D eigenvalue weighted by molar-refractivity contribution is -0.123. The highest BCUT2D eigenvalue weighted by molar-refractivity contribution is 8.18. The van der Waals surface area contributed by atoms with Crippen molar-refractivity contribution in [2.24, 2.45) is 0 Å². The molecule has 3 aromatic carbocycles. The molecular formula is C25H20ClNO3S. The zero-order chi connectivity index (χ0) is 21.8. The van der Waals surface area contributed by atoms with Crippen LogP contribution in [-0.4, -0.2) is 16.0 Å². The zero-order valence-corrected chi connectivity index (χ0v) is 18.5. The third kappa shape index (κ3) is 5.01. The van der Waals surface area contributed by atoms with E-state index >= 15 is 0 Å². The van der Waals surface area contributed by atoms with Crippen molar-refractivity contribution >= 4 is 40.6 Å². The summed E-state index contributed by atoms with van der Waals surface area (Å²) in [5.74, 6) is 0.383. The van der Waals surface area contributed by atoms with Crippen LogP contribution in [0.25, 0.3) is 6.08 Å². The number of thioether (sulfide) groups is 1. The third-order valence-electron chi connectivity index (χ3n) is 4.97. The molecule has 0 N–H and O–H groups in total. The Hall–Kier alpha value is -3.02. The number of aryl methyl sites for hydroxylation is 1. The molecule has 156 valence electrons. The number of hydrogen-bond donors (Lipinski definition) is 0. The maximum absolute atomic E-state index is 12.8. The van der Waals surface area contributed by atoms with Crippen LogP contribution in [0.4, 0.5) is 4.79 Å². The Kier molecular flexibility index (Phi) is 6.44. The lowest BCUT2D eigenvalue weighted by Gasteiger charge is -2.14. The van der Waals surface area contributed by atoms with Crippen molar-refractivity contribution in [2.75, 3.05) is 0 Å². The number of ether oxygens (including phenoxy) is 1. The highest BCUT2D eigenvalue weighted by Crippen LogP contribution is 2.34. The van der Waals surface area contributed by atoms with Gasteiger partial charge < -0.3 is 4.74 Å². The number of halogens is 1. The van der Waals surface area contributed by atoms with Crippen molar-refractivity contribution < 1.29 is 14.3 Å². The summed E-state index contributed by atoms with van der Waals surface area (Å²) < 4.78 is 5.86. The number of amides is 2. The van der Waals surface area contributed by atoms with Crippen LogP contribution < -0.4 is 4.74 Å². The lowest BCUT2D eigenvalue weighted by Crippen LogP contribution is -2.27. The molecule has 1 aliphatic rings. The first kappa shape index (κ1) is 21.2. The van der Waals surface area contributed by atoms with Gasteiger partial charge in [-0.05, 0) is 59.7 Å². The highest BCUT2D eigenvalue weighted by Gasteiger charge is 2.35. The minimum absolute atomic E-state index is 0.259. The Morgan fingerprint density at radius 3 is 2.48 bits per heavy atom. The van der Waals surface area contributed by atoms with Gasteiger partial charge in [-0.15, -0.1) is 0 Å². The van der Waals surface area contributed by atoms with Crippen molar-refractivity contribution in [2.45, 2.75) is 20.1 Å². The molecule has 1 heterocycles. The summed E-state index contributed by atoms with van der Waals surface area (Å²) in [6.07, 6.45) is 1.73. The molecule has 0 radical (unpaired) electrons. The number of nitrogens with zero attached hydrogens (tertiary/aromatic N) is 1. The van der Waals surface area contributed by atoms with E-state index in [0.29, 0.717) is 22.3 Å². The predicted molar refractivity (Wildman–Crippen MR) is 125 cm³/mol. The van der Waals surface area contributed by atoms with E-state index < -0.39 is 0 Å². The summed E-state index contributed by atoms with van der Waals surface area (Å²) in [5, 5.41) is 0.395. The van der Waals surface area contributed by atoms with E-state index in [-0.39, 0.29) is 17.7 Å². The highest BCUT2D eigenvalue weighted by atomic mass is 35.5. The fourth-order valence-corrected chi connectivity index (χ4v) is 4.24. The van der Waals surface area contributed by atoms with Gasteiger partial charge in [-0.1, -0.05) is 66.2 Å². The van der Waals surface area contributed by atoms with Crippen LogP contribution in [-0.2, 0) is 17.9 Å². The molecule has 6 heteroatoms. The summed E-state index contributed by atoms with van der Waals surface area (Å²) in [7, 11) is 0. The molecule has 1 fully saturated rings. The number of carbonyl (C=O) groups excluding carboxylic acids is 2. The van der Waals surface area contributed by atoms with E-state index in [0.717, 1.165) is 34.0 Å². The summed E-state index contributed by atoms with van der Waals surface area (Å²) in [6.45, 7) is 2.59. The standard InChI is InChI=1S/C25H20ClNO3S/c1-17-7-2-3-9-19(17)15-27-24(28)23(31-25(27)29)14-18-8-6-11-21(13-18)30-16-20-10-4-5-12-22(20)26/h2-14H,15-16H2,1H3/b23-14-. The molecule has 0 unspecified atom stereocenters. The monoisotopic (exact) mass is 449 g/mol. The predicted octanol–water partition coefficient (Wildman–Crippen LogP) is 6.46. The molecule has 0 saturated carbocycles. The molecule has 4 nitrogen and oxygen atoms in total. The second-order valence-electron chi connectivity index (χ2n) is 7.15. The molecule has 0 aromatic heterocycles. The average molecular weight is 450 g/mol. The van der Waals surface area contributed by atoms with Crippen LogP contribution in [0.3, 0.4) is 0 Å². The van der Waals surface area contributed by atoms with Gasteiger partial charge >= 0.3 is 0 Å². The number of benzene rings is 3. The van der Waals surface area contributed by atoms with Gasteiger partial charge in [0.05, 0.1) is 11.4 Å². The maximum atomic E-state index is 12.8. The van der Waals surface area contributed by atoms with Gasteiger partial charge in [0.25, 0.3) is 11.1 Å². The van der Waals surface area contributed by atoms with Gasteiger partial charge in [-0.25, -0.2) is 0 Å². The van der Waals surface area contributed by atoms with E-state index in [2.05, 4.69) is 0 Å². The minimum Gasteiger partial charge on any atom is -0.489 e. The summed E-state index contributed by atoms with van der Waals surface area (Å²) in [6, 6.07) is 22.7. The van der Waals surface area contributed by atoms with E-state index in [9.17, 15) is 9.59 Å². The maximum Gasteiger partial charge on any atom is 0.293 e. The van der Waals surface area contributed by atoms with Gasteiger partial charge in [-0.2, -0.15) is 0 Å². The van der Waals surface area contributed by atoms with Crippen molar-refractivity contribution in [1.29, 1.82) is 0 Å². The van der Waals surface area contributed by atoms with Crippen LogP contribution in [0.1, 0.15) is 22.3 Å². The molecule has 3 aromatic rings. The summed E-state index contributed by atoms with van der Waals surface area (Å²) in [4.78, 5) is 27.0. The van der Waals surface area contributed by atoms with Crippen molar-refractivity contribution in [3.8, 4) is 5.75 Å². The van der Waals surface area contributed by atoms with Crippen LogP contribution in [0.2, 0.25) is 5.02 Å². The Morgan fingerprint density at radius 1 is 0.968 bits per heavy atom. The third-order valence-corrected chi connectivity index (χ3v) is 6.25. The first-order valence-corrected chi connectivity index (χ1v) is 11.0. The van der Waals surface area contributed by atoms with Crippen LogP contribution in [0.5, 0.6) is 5.75 Å². The summed E-state index contributed by atoms with van der Waals surface area (Å²) >= 11 is 7.14. The molecule has 2 amide bonds. The van der Waals surface area contributed by atoms with E-state index in [4.69, 9.17) is 16.3 Å². The molecule has 0 bridgehead atoms. The van der Waals surface area contributed by atoms with Gasteiger partial charge in [0.1, 0.15) is 12.4 Å². The van der Waals surface area contributed by atoms with Crippen molar-refractivity contribution in [1.82, 2.24) is 4.90 Å². The Bertz CT molecular complexity index is 1170. The van der Waals surface area contributed by atoms with Gasteiger partial charge in [-0.3, -0.25) is 14.5 Å².